The van der Waals surface area contributed by atoms with Crippen LogP contribution >= 0.6 is 0 Å². The van der Waals surface area contributed by atoms with Crippen molar-refractivity contribution in [3.8, 4) is 12.3 Å². The summed E-state index contributed by atoms with van der Waals surface area (Å²) >= 11 is -1.18. The number of rotatable bonds is 0. The summed E-state index contributed by atoms with van der Waals surface area (Å²) in [6.07, 6.45) is 5.71. The molecule has 0 N–H and O–H groups in total. The summed E-state index contributed by atoms with van der Waals surface area (Å²) in [5.74, 6) is 3.06. The quantitative estimate of drug-likeness (QED) is 0.511. The van der Waals surface area contributed by atoms with Crippen molar-refractivity contribution in [2.45, 2.75) is 26.4 Å². The smallest absolute Gasteiger partial charge is 0.157 e. The zero-order valence-corrected chi connectivity index (χ0v) is 7.61. The van der Waals surface area contributed by atoms with E-state index in [0.717, 1.165) is 6.42 Å². The Bertz CT molecular complexity index is 215. The van der Waals surface area contributed by atoms with Gasteiger partial charge in [-0.05, 0) is 11.8 Å². The lowest BCUT2D eigenvalue weighted by atomic mass is 9.89. The highest BCUT2D eigenvalue weighted by Gasteiger charge is 2.32. The van der Waals surface area contributed by atoms with Crippen molar-refractivity contribution < 1.29 is 8.39 Å². The van der Waals surface area contributed by atoms with Crippen LogP contribution in [-0.4, -0.2) is 16.1 Å². The zero-order valence-electron chi connectivity index (χ0n) is 6.79. The molecule has 0 saturated carbocycles. The van der Waals surface area contributed by atoms with Crippen LogP contribution in [0.3, 0.4) is 0 Å². The second-order valence-electron chi connectivity index (χ2n) is 3.57. The maximum absolute atomic E-state index is 11.0. The van der Waals surface area contributed by atoms with Gasteiger partial charge in [0.05, 0.1) is 5.75 Å². The van der Waals surface area contributed by atoms with Crippen molar-refractivity contribution in [3.63, 3.8) is 0 Å². The van der Waals surface area contributed by atoms with Gasteiger partial charge < -0.3 is 0 Å². The Kier molecular flexibility index (Phi) is 2.36. The molecule has 2 nitrogen and oxygen atoms in total. The molecular weight excluding hydrogens is 160 g/mol. The van der Waals surface area contributed by atoms with E-state index in [2.05, 4.69) is 19.8 Å². The van der Waals surface area contributed by atoms with E-state index in [0.29, 0.717) is 5.75 Å². The van der Waals surface area contributed by atoms with E-state index in [1.807, 2.05) is 0 Å². The van der Waals surface area contributed by atoms with Crippen LogP contribution in [0.2, 0.25) is 0 Å². The minimum Gasteiger partial charge on any atom is -0.274 e. The molecule has 1 fully saturated rings. The van der Waals surface area contributed by atoms with Crippen molar-refractivity contribution in [2.24, 2.45) is 5.41 Å². The predicted octanol–water partition coefficient (Wildman–Crippen LogP) is 1.10. The summed E-state index contributed by atoms with van der Waals surface area (Å²) in [7, 11) is 0. The lowest BCUT2D eigenvalue weighted by Gasteiger charge is -2.31. The van der Waals surface area contributed by atoms with Crippen LogP contribution in [0.4, 0.5) is 0 Å². The molecule has 62 valence electrons. The summed E-state index contributed by atoms with van der Waals surface area (Å²) in [4.78, 5) is 0. The average Bonchev–Trinajstić information content (AvgIpc) is 1.83. The van der Waals surface area contributed by atoms with Gasteiger partial charge in [0.15, 0.2) is 11.1 Å². The lowest BCUT2D eigenvalue weighted by Crippen LogP contribution is -2.34. The minimum atomic E-state index is -1.18. The molecule has 1 rings (SSSR count). The van der Waals surface area contributed by atoms with E-state index in [9.17, 15) is 4.21 Å². The van der Waals surface area contributed by atoms with Gasteiger partial charge in [0.2, 0.25) is 0 Å². The third-order valence-corrected chi connectivity index (χ3v) is 3.12. The van der Waals surface area contributed by atoms with Gasteiger partial charge in [-0.2, -0.15) is 0 Å². The molecule has 0 spiro atoms. The maximum atomic E-state index is 11.0. The molecule has 0 aromatic carbocycles. The SMILES string of the molecule is C#CC1CC(C)(C)CS(=O)O1. The highest BCUT2D eigenvalue weighted by molar-refractivity contribution is 7.80. The molecule has 1 aliphatic heterocycles. The molecule has 1 saturated heterocycles. The van der Waals surface area contributed by atoms with Crippen LogP contribution in [0.25, 0.3) is 0 Å². The molecule has 0 radical (unpaired) electrons. The fourth-order valence-electron chi connectivity index (χ4n) is 1.16. The zero-order chi connectivity index (χ0) is 8.48. The normalized spacial score (nSPS) is 36.1. The first kappa shape index (κ1) is 8.76. The van der Waals surface area contributed by atoms with Crippen LogP contribution < -0.4 is 0 Å². The van der Waals surface area contributed by atoms with Crippen molar-refractivity contribution in [2.75, 3.05) is 5.75 Å². The molecule has 1 aliphatic rings. The second-order valence-corrected chi connectivity index (χ2v) is 4.66. The van der Waals surface area contributed by atoms with Gasteiger partial charge >= 0.3 is 0 Å². The molecule has 0 aromatic heterocycles. The number of hydrogen-bond acceptors (Lipinski definition) is 2. The van der Waals surface area contributed by atoms with E-state index in [1.165, 1.54) is 0 Å². The van der Waals surface area contributed by atoms with Gasteiger partial charge in [-0.15, -0.1) is 6.42 Å². The molecule has 11 heavy (non-hydrogen) atoms. The third-order valence-electron chi connectivity index (χ3n) is 1.66. The van der Waals surface area contributed by atoms with Gasteiger partial charge in [-0.25, -0.2) is 4.21 Å². The molecular formula is C8H12O2S. The van der Waals surface area contributed by atoms with Crippen LogP contribution in [0.15, 0.2) is 0 Å². The Hall–Kier alpha value is -0.330. The summed E-state index contributed by atoms with van der Waals surface area (Å²) in [5, 5.41) is 0. The first-order chi connectivity index (χ1) is 5.03. The summed E-state index contributed by atoms with van der Waals surface area (Å²) in [6.45, 7) is 4.11. The minimum absolute atomic E-state index is 0.0557. The molecule has 0 amide bonds. The van der Waals surface area contributed by atoms with Crippen LogP contribution in [0, 0.1) is 17.8 Å². The van der Waals surface area contributed by atoms with E-state index in [-0.39, 0.29) is 11.5 Å². The Morgan fingerprint density at radius 2 is 2.36 bits per heavy atom. The third kappa shape index (κ3) is 2.32. The van der Waals surface area contributed by atoms with Crippen LogP contribution in [0.1, 0.15) is 20.3 Å². The number of hydrogen-bond donors (Lipinski definition) is 0. The standard InChI is InChI=1S/C8H12O2S/c1-4-7-5-8(2,3)6-11(9)10-7/h1,7H,5-6H2,2-3H3. The Morgan fingerprint density at radius 1 is 1.73 bits per heavy atom. The molecule has 2 atom stereocenters. The Balaban J connectivity index is 2.67. The van der Waals surface area contributed by atoms with E-state index < -0.39 is 11.1 Å². The first-order valence-electron chi connectivity index (χ1n) is 3.55. The van der Waals surface area contributed by atoms with E-state index >= 15 is 0 Å². The summed E-state index contributed by atoms with van der Waals surface area (Å²) < 4.78 is 16.0. The molecule has 0 bridgehead atoms. The lowest BCUT2D eigenvalue weighted by molar-refractivity contribution is 0.180. The fourth-order valence-corrected chi connectivity index (χ4v) is 2.37. The largest absolute Gasteiger partial charge is 0.274 e. The molecule has 3 heteroatoms. The van der Waals surface area contributed by atoms with Gasteiger partial charge in [0.1, 0.15) is 6.10 Å². The molecule has 0 aromatic rings. The number of terminal acetylenes is 1. The van der Waals surface area contributed by atoms with Crippen molar-refractivity contribution in [3.05, 3.63) is 0 Å². The Morgan fingerprint density at radius 3 is 2.82 bits per heavy atom. The van der Waals surface area contributed by atoms with Gasteiger partial charge in [0.25, 0.3) is 0 Å². The van der Waals surface area contributed by atoms with Crippen molar-refractivity contribution in [1.29, 1.82) is 0 Å². The fraction of sp³-hybridized carbons (Fsp3) is 0.750. The maximum Gasteiger partial charge on any atom is 0.157 e. The summed E-state index contributed by atoms with van der Waals surface area (Å²) in [5.41, 5.74) is 0.0557. The Labute approximate surface area is 70.0 Å². The monoisotopic (exact) mass is 172 g/mol. The first-order valence-corrected chi connectivity index (χ1v) is 4.79. The van der Waals surface area contributed by atoms with E-state index in [1.54, 1.807) is 0 Å². The van der Waals surface area contributed by atoms with Crippen LogP contribution in [-0.2, 0) is 15.3 Å². The molecule has 2 unspecified atom stereocenters. The average molecular weight is 172 g/mol. The molecule has 0 aliphatic carbocycles. The molecule has 1 heterocycles. The highest BCUT2D eigenvalue weighted by atomic mass is 32.2. The van der Waals surface area contributed by atoms with Gasteiger partial charge in [0, 0.05) is 0 Å². The van der Waals surface area contributed by atoms with E-state index in [4.69, 9.17) is 10.6 Å². The van der Waals surface area contributed by atoms with Gasteiger partial charge in [-0.3, -0.25) is 4.18 Å². The summed E-state index contributed by atoms with van der Waals surface area (Å²) in [6, 6.07) is 0. The van der Waals surface area contributed by atoms with Crippen molar-refractivity contribution >= 4 is 11.1 Å². The predicted molar refractivity (Wildman–Crippen MR) is 45.1 cm³/mol. The van der Waals surface area contributed by atoms with Crippen molar-refractivity contribution in [1.82, 2.24) is 0 Å². The van der Waals surface area contributed by atoms with Crippen LogP contribution in [0.5, 0.6) is 0 Å². The highest BCUT2D eigenvalue weighted by Crippen LogP contribution is 2.29. The van der Waals surface area contributed by atoms with Gasteiger partial charge in [-0.1, -0.05) is 19.8 Å². The second kappa shape index (κ2) is 2.96. The topological polar surface area (TPSA) is 26.3 Å².